The molecule has 0 aromatic heterocycles. The Bertz CT molecular complexity index is 639. The number of hydrogen-bond acceptors (Lipinski definition) is 5. The minimum Gasteiger partial charge on any atom is -0.381 e. The highest BCUT2D eigenvalue weighted by atomic mass is 32.2. The molecule has 1 amide bonds. The Hall–Kier alpha value is -0.700. The van der Waals surface area contributed by atoms with Crippen molar-refractivity contribution in [2.75, 3.05) is 32.6 Å². The highest BCUT2D eigenvalue weighted by Crippen LogP contribution is 2.32. The van der Waals surface area contributed by atoms with Crippen molar-refractivity contribution in [1.29, 1.82) is 0 Å². The summed E-state index contributed by atoms with van der Waals surface area (Å²) in [6.45, 7) is 6.70. The van der Waals surface area contributed by atoms with Crippen LogP contribution in [0.15, 0.2) is 0 Å². The molecule has 1 saturated carbocycles. The van der Waals surface area contributed by atoms with E-state index in [2.05, 4.69) is 18.6 Å². The third kappa shape index (κ3) is 6.39. The molecule has 2 heterocycles. The van der Waals surface area contributed by atoms with Crippen molar-refractivity contribution < 1.29 is 22.7 Å². The first-order valence-electron chi connectivity index (χ1n) is 11.2. The van der Waals surface area contributed by atoms with Crippen molar-refractivity contribution in [1.82, 2.24) is 9.62 Å². The van der Waals surface area contributed by atoms with Gasteiger partial charge in [-0.15, -0.1) is 0 Å². The molecule has 3 rings (SSSR count). The van der Waals surface area contributed by atoms with Crippen LogP contribution in [-0.2, 0) is 24.3 Å². The maximum absolute atomic E-state index is 13.1. The lowest BCUT2D eigenvalue weighted by atomic mass is 9.80. The maximum Gasteiger partial charge on any atom is 0.228 e. The summed E-state index contributed by atoms with van der Waals surface area (Å²) in [5, 5.41) is 0. The number of nitrogens with zero attached hydrogens (tertiary/aromatic N) is 1. The Morgan fingerprint density at radius 1 is 1.17 bits per heavy atom. The van der Waals surface area contributed by atoms with Crippen molar-refractivity contribution in [2.45, 2.75) is 77.0 Å². The fraction of sp³-hybridized carbons (Fsp3) is 0.952. The Morgan fingerprint density at radius 3 is 2.48 bits per heavy atom. The van der Waals surface area contributed by atoms with E-state index in [0.717, 1.165) is 38.0 Å². The lowest BCUT2D eigenvalue weighted by Crippen LogP contribution is -2.60. The number of likely N-dealkylation sites (tertiary alicyclic amines) is 1. The van der Waals surface area contributed by atoms with E-state index in [0.29, 0.717) is 32.3 Å². The van der Waals surface area contributed by atoms with Crippen molar-refractivity contribution in [3.63, 3.8) is 0 Å². The third-order valence-corrected chi connectivity index (χ3v) is 7.60. The second-order valence-corrected chi connectivity index (χ2v) is 11.2. The average Bonchev–Trinajstić information content (AvgIpc) is 3.20. The molecule has 29 heavy (non-hydrogen) atoms. The molecule has 3 unspecified atom stereocenters. The molecule has 168 valence electrons. The minimum atomic E-state index is -3.35. The summed E-state index contributed by atoms with van der Waals surface area (Å²) in [5.41, 5.74) is 0. The largest absolute Gasteiger partial charge is 0.381 e. The van der Waals surface area contributed by atoms with Crippen LogP contribution in [0.2, 0.25) is 0 Å². The van der Waals surface area contributed by atoms with Crippen LogP contribution in [0.4, 0.5) is 0 Å². The molecule has 0 spiro atoms. The summed E-state index contributed by atoms with van der Waals surface area (Å²) in [5.74, 6) is 1.44. The van der Waals surface area contributed by atoms with Crippen molar-refractivity contribution in [2.24, 2.45) is 17.8 Å². The zero-order chi connectivity index (χ0) is 21.0. The third-order valence-electron chi connectivity index (χ3n) is 6.87. The number of rotatable bonds is 7. The average molecular weight is 431 g/mol. The van der Waals surface area contributed by atoms with Gasteiger partial charge in [0.15, 0.2) is 0 Å². The fourth-order valence-electron chi connectivity index (χ4n) is 5.07. The van der Waals surface area contributed by atoms with E-state index in [1.54, 1.807) is 0 Å². The first-order chi connectivity index (χ1) is 13.7. The molecule has 8 heteroatoms. The molecule has 1 N–H and O–H groups in total. The quantitative estimate of drug-likeness (QED) is 0.669. The van der Waals surface area contributed by atoms with Gasteiger partial charge in [-0.3, -0.25) is 4.79 Å². The maximum atomic E-state index is 13.1. The van der Waals surface area contributed by atoms with Crippen LogP contribution in [-0.4, -0.2) is 70.0 Å². The molecule has 3 aliphatic rings. The molecule has 1 aliphatic carbocycles. The van der Waals surface area contributed by atoms with Gasteiger partial charge in [0.25, 0.3) is 0 Å². The first-order valence-corrected chi connectivity index (χ1v) is 13.1. The number of ether oxygens (including phenoxy) is 2. The Kier molecular flexibility index (Phi) is 7.98. The molecular formula is C21H38N2O5S. The fourth-order valence-corrected chi connectivity index (χ4v) is 5.89. The van der Waals surface area contributed by atoms with Gasteiger partial charge in [-0.25, -0.2) is 13.1 Å². The second-order valence-electron chi connectivity index (χ2n) is 9.41. The molecule has 0 aromatic carbocycles. The molecular weight excluding hydrogens is 392 g/mol. The van der Waals surface area contributed by atoms with Crippen LogP contribution in [0.5, 0.6) is 0 Å². The zero-order valence-corrected chi connectivity index (χ0v) is 19.0. The summed E-state index contributed by atoms with van der Waals surface area (Å²) >= 11 is 0. The first kappa shape index (κ1) is 23.0. The lowest BCUT2D eigenvalue weighted by molar-refractivity contribution is -0.143. The molecule has 0 radical (unpaired) electrons. The topological polar surface area (TPSA) is 84.9 Å². The van der Waals surface area contributed by atoms with Gasteiger partial charge in [-0.2, -0.15) is 0 Å². The van der Waals surface area contributed by atoms with Gasteiger partial charge in [-0.05, 0) is 56.8 Å². The summed E-state index contributed by atoms with van der Waals surface area (Å²) in [6, 6.07) is -0.550. The molecule has 2 saturated heterocycles. The number of carbonyl (C=O) groups excluding carboxylic acids is 1. The van der Waals surface area contributed by atoms with Crippen molar-refractivity contribution in [3.8, 4) is 0 Å². The summed E-state index contributed by atoms with van der Waals surface area (Å²) in [6.07, 6.45) is 8.11. The van der Waals surface area contributed by atoms with E-state index in [9.17, 15) is 13.2 Å². The molecule has 2 aliphatic heterocycles. The highest BCUT2D eigenvalue weighted by molar-refractivity contribution is 7.88. The predicted octanol–water partition coefficient (Wildman–Crippen LogP) is 2.16. The van der Waals surface area contributed by atoms with Gasteiger partial charge in [-0.1, -0.05) is 13.8 Å². The van der Waals surface area contributed by atoms with Gasteiger partial charge in [0, 0.05) is 19.2 Å². The predicted molar refractivity (Wildman–Crippen MR) is 112 cm³/mol. The second kappa shape index (κ2) is 10.1. The van der Waals surface area contributed by atoms with Gasteiger partial charge in [0.05, 0.1) is 37.5 Å². The lowest BCUT2D eigenvalue weighted by Gasteiger charge is -2.43. The van der Waals surface area contributed by atoms with E-state index < -0.39 is 10.0 Å². The number of carbonyl (C=O) groups is 1. The van der Waals surface area contributed by atoms with Crippen LogP contribution < -0.4 is 4.72 Å². The van der Waals surface area contributed by atoms with Gasteiger partial charge >= 0.3 is 0 Å². The summed E-state index contributed by atoms with van der Waals surface area (Å²) in [4.78, 5) is 15.0. The molecule has 0 aromatic rings. The van der Waals surface area contributed by atoms with Crippen molar-refractivity contribution in [3.05, 3.63) is 0 Å². The number of piperidine rings is 1. The van der Waals surface area contributed by atoms with Crippen LogP contribution in [0, 0.1) is 17.8 Å². The van der Waals surface area contributed by atoms with Gasteiger partial charge in [0.2, 0.25) is 15.9 Å². The molecule has 0 bridgehead atoms. The Balaban J connectivity index is 1.65. The van der Waals surface area contributed by atoms with E-state index in [-0.39, 0.29) is 30.0 Å². The number of sulfonamides is 1. The van der Waals surface area contributed by atoms with Crippen LogP contribution in [0.25, 0.3) is 0 Å². The molecule has 7 nitrogen and oxygen atoms in total. The van der Waals surface area contributed by atoms with Gasteiger partial charge < -0.3 is 14.4 Å². The number of amides is 1. The highest BCUT2D eigenvalue weighted by Gasteiger charge is 2.39. The van der Waals surface area contributed by atoms with Crippen LogP contribution in [0.1, 0.15) is 58.8 Å². The minimum absolute atomic E-state index is 0.0830. The summed E-state index contributed by atoms with van der Waals surface area (Å²) < 4.78 is 38.3. The Morgan fingerprint density at radius 2 is 1.90 bits per heavy atom. The monoisotopic (exact) mass is 430 g/mol. The van der Waals surface area contributed by atoms with E-state index in [4.69, 9.17) is 9.47 Å². The number of nitrogens with one attached hydrogen (secondary N) is 1. The summed E-state index contributed by atoms with van der Waals surface area (Å²) in [7, 11) is -3.35. The van der Waals surface area contributed by atoms with Crippen molar-refractivity contribution >= 4 is 15.9 Å². The van der Waals surface area contributed by atoms with Crippen LogP contribution >= 0.6 is 0 Å². The smallest absolute Gasteiger partial charge is 0.228 e. The van der Waals surface area contributed by atoms with Gasteiger partial charge in [0.1, 0.15) is 0 Å². The van der Waals surface area contributed by atoms with E-state index >= 15 is 0 Å². The molecule has 3 fully saturated rings. The molecule has 3 atom stereocenters. The van der Waals surface area contributed by atoms with Crippen LogP contribution in [0.3, 0.4) is 0 Å². The standard InChI is InChI=1S/C21H38N2O5S/c1-15(2)16-6-8-18(9-7-16)28-14-20-19(22-29(3,25)26)5-4-11-23(20)21(24)17-10-12-27-13-17/h15-20,22H,4-14H2,1-3H3. The van der Waals surface area contributed by atoms with E-state index in [1.165, 1.54) is 19.1 Å². The normalized spacial score (nSPS) is 33.9. The number of hydrogen-bond donors (Lipinski definition) is 1. The van der Waals surface area contributed by atoms with E-state index in [1.807, 2.05) is 4.90 Å². The Labute approximate surface area is 175 Å². The zero-order valence-electron chi connectivity index (χ0n) is 18.1. The SMILES string of the molecule is CC(C)C1CCC(OCC2C(NS(C)(=O)=O)CCCN2C(=O)C2CCOC2)CC1.